The van der Waals surface area contributed by atoms with Crippen LogP contribution in [0.3, 0.4) is 0 Å². The number of aliphatic hydroxyl groups excluding tert-OH is 1. The Hall–Kier alpha value is -1.60. The molecule has 2 aromatic carbocycles. The van der Waals surface area contributed by atoms with Crippen molar-refractivity contribution < 1.29 is 5.11 Å². The molecule has 1 aliphatic rings. The van der Waals surface area contributed by atoms with Crippen LogP contribution in [0.5, 0.6) is 0 Å². The van der Waals surface area contributed by atoms with Crippen LogP contribution in [0.25, 0.3) is 11.1 Å². The number of aliphatic hydroxyl groups is 1. The van der Waals surface area contributed by atoms with E-state index in [1.165, 1.54) is 22.3 Å². The third kappa shape index (κ3) is 1.87. The van der Waals surface area contributed by atoms with Gasteiger partial charge in [-0.3, -0.25) is 0 Å². The largest absolute Gasteiger partial charge is 0.392 e. The summed E-state index contributed by atoms with van der Waals surface area (Å²) in [6.45, 7) is 2.16. The van der Waals surface area contributed by atoms with E-state index >= 15 is 0 Å². The average Bonchev–Trinajstić information content (AvgIpc) is 3.08. The average molecular weight is 224 g/mol. The molecule has 0 amide bonds. The van der Waals surface area contributed by atoms with Crippen LogP contribution in [0.2, 0.25) is 0 Å². The van der Waals surface area contributed by atoms with Crippen molar-refractivity contribution in [2.75, 3.05) is 0 Å². The van der Waals surface area contributed by atoms with Gasteiger partial charge in [-0.2, -0.15) is 0 Å². The topological polar surface area (TPSA) is 20.2 Å². The molecule has 1 aliphatic carbocycles. The minimum atomic E-state index is -0.125. The fraction of sp³-hybridized carbons (Fsp3) is 0.250. The maximum Gasteiger partial charge on any atom is 0.0616 e. The summed E-state index contributed by atoms with van der Waals surface area (Å²) in [5.74, 6) is 0.360. The van der Waals surface area contributed by atoms with E-state index < -0.39 is 0 Å². The maximum atomic E-state index is 9.57. The van der Waals surface area contributed by atoms with Crippen molar-refractivity contribution >= 4 is 0 Å². The Balaban J connectivity index is 2.07. The second-order valence-electron chi connectivity index (χ2n) is 4.80. The van der Waals surface area contributed by atoms with Crippen LogP contribution < -0.4 is 0 Å². The van der Waals surface area contributed by atoms with E-state index in [1.54, 1.807) is 0 Å². The van der Waals surface area contributed by atoms with Crippen molar-refractivity contribution in [1.29, 1.82) is 0 Å². The molecule has 0 bridgehead atoms. The van der Waals surface area contributed by atoms with Gasteiger partial charge in [0.25, 0.3) is 0 Å². The highest BCUT2D eigenvalue weighted by atomic mass is 16.3. The number of benzene rings is 2. The minimum absolute atomic E-state index is 0.125. The molecule has 0 saturated heterocycles. The van der Waals surface area contributed by atoms with Gasteiger partial charge >= 0.3 is 0 Å². The summed E-state index contributed by atoms with van der Waals surface area (Å²) in [6.07, 6.45) is 0.791. The molecular formula is C16H16O. The van der Waals surface area contributed by atoms with Crippen molar-refractivity contribution in [3.63, 3.8) is 0 Å². The van der Waals surface area contributed by atoms with Crippen LogP contribution in [0.4, 0.5) is 0 Å². The third-order valence-electron chi connectivity index (χ3n) is 3.62. The summed E-state index contributed by atoms with van der Waals surface area (Å²) >= 11 is 0. The Morgan fingerprint density at radius 3 is 2.35 bits per heavy atom. The molecule has 2 aromatic rings. The van der Waals surface area contributed by atoms with Crippen LogP contribution in [0.1, 0.15) is 23.5 Å². The molecule has 1 heteroatoms. The Morgan fingerprint density at radius 1 is 1.00 bits per heavy atom. The minimum Gasteiger partial charge on any atom is -0.392 e. The van der Waals surface area contributed by atoms with Gasteiger partial charge in [0, 0.05) is 5.92 Å². The first-order valence-electron chi connectivity index (χ1n) is 6.10. The van der Waals surface area contributed by atoms with Crippen molar-refractivity contribution in [2.45, 2.75) is 25.4 Å². The molecule has 17 heavy (non-hydrogen) atoms. The van der Waals surface area contributed by atoms with Crippen molar-refractivity contribution in [1.82, 2.24) is 0 Å². The van der Waals surface area contributed by atoms with Crippen molar-refractivity contribution in [2.24, 2.45) is 0 Å². The number of hydrogen-bond acceptors (Lipinski definition) is 1. The van der Waals surface area contributed by atoms with E-state index in [-0.39, 0.29) is 6.10 Å². The van der Waals surface area contributed by atoms with Gasteiger partial charge in [0.05, 0.1) is 6.10 Å². The van der Waals surface area contributed by atoms with Crippen LogP contribution in [-0.2, 0) is 0 Å². The molecule has 2 unspecified atom stereocenters. The highest BCUT2D eigenvalue weighted by molar-refractivity contribution is 5.69. The lowest BCUT2D eigenvalue weighted by molar-refractivity contribution is 0.271. The second kappa shape index (κ2) is 4.01. The van der Waals surface area contributed by atoms with Gasteiger partial charge in [0.1, 0.15) is 0 Å². The molecule has 0 radical (unpaired) electrons. The van der Waals surface area contributed by atoms with E-state index in [0.29, 0.717) is 5.92 Å². The number of rotatable bonds is 2. The second-order valence-corrected chi connectivity index (χ2v) is 4.80. The van der Waals surface area contributed by atoms with E-state index in [0.717, 1.165) is 6.42 Å². The first kappa shape index (κ1) is 10.5. The lowest BCUT2D eigenvalue weighted by Crippen LogP contribution is -1.93. The highest BCUT2D eigenvalue weighted by Gasteiger charge is 2.37. The first-order valence-corrected chi connectivity index (χ1v) is 6.10. The molecule has 86 valence electrons. The molecule has 1 nitrogen and oxygen atoms in total. The Kier molecular flexibility index (Phi) is 2.49. The van der Waals surface area contributed by atoms with Crippen LogP contribution in [0.15, 0.2) is 48.5 Å². The summed E-state index contributed by atoms with van der Waals surface area (Å²) in [5.41, 5.74) is 5.14. The maximum absolute atomic E-state index is 9.57. The zero-order valence-corrected chi connectivity index (χ0v) is 9.93. The Bertz CT molecular complexity index is 530. The molecular weight excluding hydrogens is 208 g/mol. The predicted molar refractivity (Wildman–Crippen MR) is 70.0 cm³/mol. The zero-order valence-electron chi connectivity index (χ0n) is 9.93. The molecule has 0 spiro atoms. The molecule has 2 atom stereocenters. The molecule has 0 heterocycles. The van der Waals surface area contributed by atoms with Crippen molar-refractivity contribution in [3.05, 3.63) is 59.7 Å². The quantitative estimate of drug-likeness (QED) is 0.827. The van der Waals surface area contributed by atoms with Crippen LogP contribution in [0, 0.1) is 6.92 Å². The van der Waals surface area contributed by atoms with Gasteiger partial charge in [-0.25, -0.2) is 0 Å². The normalized spacial score (nSPS) is 22.5. The van der Waals surface area contributed by atoms with E-state index in [2.05, 4.69) is 49.4 Å². The van der Waals surface area contributed by atoms with Gasteiger partial charge < -0.3 is 5.11 Å². The summed E-state index contributed by atoms with van der Waals surface area (Å²) < 4.78 is 0. The van der Waals surface area contributed by atoms with E-state index in [4.69, 9.17) is 0 Å². The summed E-state index contributed by atoms with van der Waals surface area (Å²) in [4.78, 5) is 0. The van der Waals surface area contributed by atoms with Crippen molar-refractivity contribution in [3.8, 4) is 11.1 Å². The van der Waals surface area contributed by atoms with Gasteiger partial charge in [0.15, 0.2) is 0 Å². The Labute approximate surface area is 102 Å². The molecule has 1 fully saturated rings. The molecule has 1 N–H and O–H groups in total. The van der Waals surface area contributed by atoms with Gasteiger partial charge in [0.2, 0.25) is 0 Å². The SMILES string of the molecule is Cc1c(-c2ccccc2)cccc1C1CC1O. The first-order chi connectivity index (χ1) is 8.27. The predicted octanol–water partition coefficient (Wildman–Crippen LogP) is 3.51. The Morgan fingerprint density at radius 2 is 1.71 bits per heavy atom. The molecule has 0 aromatic heterocycles. The van der Waals surface area contributed by atoms with Crippen LogP contribution in [-0.4, -0.2) is 11.2 Å². The van der Waals surface area contributed by atoms with Gasteiger partial charge in [-0.1, -0.05) is 48.5 Å². The highest BCUT2D eigenvalue weighted by Crippen LogP contribution is 2.43. The summed E-state index contributed by atoms with van der Waals surface area (Å²) in [5, 5.41) is 9.57. The van der Waals surface area contributed by atoms with Crippen LogP contribution >= 0.6 is 0 Å². The van der Waals surface area contributed by atoms with E-state index in [1.807, 2.05) is 6.07 Å². The fourth-order valence-electron chi connectivity index (χ4n) is 2.50. The fourth-order valence-corrected chi connectivity index (χ4v) is 2.50. The number of hydrogen-bond donors (Lipinski definition) is 1. The smallest absolute Gasteiger partial charge is 0.0616 e. The molecule has 1 saturated carbocycles. The zero-order chi connectivity index (χ0) is 11.8. The lowest BCUT2D eigenvalue weighted by Gasteiger charge is -2.11. The van der Waals surface area contributed by atoms with Gasteiger partial charge in [-0.15, -0.1) is 0 Å². The monoisotopic (exact) mass is 224 g/mol. The summed E-state index contributed by atoms with van der Waals surface area (Å²) in [6, 6.07) is 16.8. The summed E-state index contributed by atoms with van der Waals surface area (Å²) in [7, 11) is 0. The van der Waals surface area contributed by atoms with E-state index in [9.17, 15) is 5.11 Å². The third-order valence-corrected chi connectivity index (χ3v) is 3.62. The lowest BCUT2D eigenvalue weighted by atomic mass is 9.94. The van der Waals surface area contributed by atoms with Gasteiger partial charge in [-0.05, 0) is 35.6 Å². The molecule has 3 rings (SSSR count). The molecule has 0 aliphatic heterocycles. The standard InChI is InChI=1S/C16H16O/c1-11-13(12-6-3-2-4-7-12)8-5-9-14(11)15-10-16(15)17/h2-9,15-17H,10H2,1H3.